The molecule has 0 radical (unpaired) electrons. The smallest absolute Gasteiger partial charge is 0.418 e. The molecule has 0 aliphatic rings. The molecular formula is C18H17F3N4O6. The van der Waals surface area contributed by atoms with Gasteiger partial charge in [-0.1, -0.05) is 0 Å². The van der Waals surface area contributed by atoms with Gasteiger partial charge in [-0.05, 0) is 12.5 Å². The summed E-state index contributed by atoms with van der Waals surface area (Å²) in [6.45, 7) is 0.203. The predicted octanol–water partition coefficient (Wildman–Crippen LogP) is 4.16. The number of nitro benzene ring substituents is 2. The van der Waals surface area contributed by atoms with Crippen molar-refractivity contribution in [3.05, 3.63) is 61.7 Å². The lowest BCUT2D eigenvalue weighted by Crippen LogP contribution is -2.12. The van der Waals surface area contributed by atoms with E-state index in [9.17, 15) is 38.5 Å². The van der Waals surface area contributed by atoms with Gasteiger partial charge in [-0.2, -0.15) is 13.2 Å². The van der Waals surface area contributed by atoms with Crippen molar-refractivity contribution in [2.75, 3.05) is 25.5 Å². The summed E-state index contributed by atoms with van der Waals surface area (Å²) in [6.07, 6.45) is -3.30. The van der Waals surface area contributed by atoms with E-state index >= 15 is 0 Å². The Balaban J connectivity index is 2.02. The Labute approximate surface area is 173 Å². The summed E-state index contributed by atoms with van der Waals surface area (Å²) in [6, 6.07) is 4.57. The average molecular weight is 442 g/mol. The zero-order valence-electron chi connectivity index (χ0n) is 16.0. The lowest BCUT2D eigenvalue weighted by molar-refractivity contribution is -0.385. The second-order valence-electron chi connectivity index (χ2n) is 6.14. The topological polar surface area (TPSA) is 140 Å². The summed E-state index contributed by atoms with van der Waals surface area (Å²) >= 11 is 0. The molecule has 2 rings (SSSR count). The highest BCUT2D eigenvalue weighted by Crippen LogP contribution is 2.37. The second kappa shape index (κ2) is 9.73. The summed E-state index contributed by atoms with van der Waals surface area (Å²) in [7, 11) is 1.23. The minimum atomic E-state index is -4.77. The standard InChI is InChI=1S/C18H17F3N4O6/c1-31-16-9-13(25(29)30)7-11(17(16)26)10-22-5-2-6-23-15-4-3-12(24(27)28)8-14(15)18(19,20)21/h3-4,7-10,23,26H,2,5-6H2,1H3. The number of halogens is 3. The molecule has 31 heavy (non-hydrogen) atoms. The highest BCUT2D eigenvalue weighted by atomic mass is 19.4. The number of phenolic OH excluding ortho intramolecular Hbond substituents is 1. The SMILES string of the molecule is COc1cc([N+](=O)[O-])cc(C=NCCCNc2ccc([N+](=O)[O-])cc2C(F)(F)F)c1O. The van der Waals surface area contributed by atoms with Gasteiger partial charge in [0.15, 0.2) is 11.5 Å². The molecule has 0 aromatic heterocycles. The van der Waals surface area contributed by atoms with Crippen LogP contribution in [0.4, 0.5) is 30.2 Å². The van der Waals surface area contributed by atoms with Crippen molar-refractivity contribution in [1.82, 2.24) is 0 Å². The first-order chi connectivity index (χ1) is 14.5. The molecule has 0 saturated heterocycles. The molecule has 0 atom stereocenters. The Morgan fingerprint density at radius 1 is 1.16 bits per heavy atom. The monoisotopic (exact) mass is 442 g/mol. The maximum absolute atomic E-state index is 13.1. The number of nitro groups is 2. The van der Waals surface area contributed by atoms with Crippen molar-refractivity contribution in [3.63, 3.8) is 0 Å². The van der Waals surface area contributed by atoms with E-state index in [0.717, 1.165) is 24.3 Å². The van der Waals surface area contributed by atoms with E-state index in [1.54, 1.807) is 0 Å². The number of ether oxygens (including phenoxy) is 1. The molecule has 0 fully saturated rings. The van der Waals surface area contributed by atoms with E-state index < -0.39 is 27.3 Å². The van der Waals surface area contributed by atoms with Gasteiger partial charge in [0.05, 0.1) is 28.6 Å². The fraction of sp³-hybridized carbons (Fsp3) is 0.278. The molecule has 2 aromatic carbocycles. The number of hydrogen-bond donors (Lipinski definition) is 2. The zero-order chi connectivity index (χ0) is 23.2. The van der Waals surface area contributed by atoms with Crippen molar-refractivity contribution in [3.8, 4) is 11.5 Å². The largest absolute Gasteiger partial charge is 0.504 e. The van der Waals surface area contributed by atoms with Gasteiger partial charge < -0.3 is 15.2 Å². The number of phenols is 1. The van der Waals surface area contributed by atoms with E-state index in [0.29, 0.717) is 6.07 Å². The van der Waals surface area contributed by atoms with Gasteiger partial charge in [0.1, 0.15) is 0 Å². The van der Waals surface area contributed by atoms with Crippen molar-refractivity contribution >= 4 is 23.3 Å². The fourth-order valence-electron chi connectivity index (χ4n) is 2.56. The van der Waals surface area contributed by atoms with Gasteiger partial charge >= 0.3 is 6.18 Å². The minimum Gasteiger partial charge on any atom is -0.504 e. The van der Waals surface area contributed by atoms with Crippen LogP contribution in [-0.4, -0.2) is 41.4 Å². The average Bonchev–Trinajstić information content (AvgIpc) is 2.70. The Kier molecular flexibility index (Phi) is 7.34. The molecule has 166 valence electrons. The molecule has 10 nitrogen and oxygen atoms in total. The minimum absolute atomic E-state index is 0.0498. The van der Waals surface area contributed by atoms with E-state index in [-0.39, 0.29) is 47.9 Å². The summed E-state index contributed by atoms with van der Waals surface area (Å²) < 4.78 is 44.3. The molecule has 0 unspecified atom stereocenters. The molecule has 2 aromatic rings. The van der Waals surface area contributed by atoms with Gasteiger partial charge in [0.2, 0.25) is 0 Å². The van der Waals surface area contributed by atoms with Crippen LogP contribution in [0.1, 0.15) is 17.5 Å². The first kappa shape index (κ1) is 23.4. The van der Waals surface area contributed by atoms with E-state index in [1.165, 1.54) is 13.3 Å². The van der Waals surface area contributed by atoms with E-state index in [1.807, 2.05) is 0 Å². The van der Waals surface area contributed by atoms with Crippen molar-refractivity contribution in [2.45, 2.75) is 12.6 Å². The molecule has 0 spiro atoms. The molecule has 13 heteroatoms. The number of anilines is 1. The van der Waals surface area contributed by atoms with E-state index in [4.69, 9.17) is 4.74 Å². The van der Waals surface area contributed by atoms with Crippen LogP contribution < -0.4 is 10.1 Å². The first-order valence-electron chi connectivity index (χ1n) is 8.69. The summed E-state index contributed by atoms with van der Waals surface area (Å²) in [4.78, 5) is 24.1. The Bertz CT molecular complexity index is 1010. The van der Waals surface area contributed by atoms with Crippen LogP contribution in [0.25, 0.3) is 0 Å². The van der Waals surface area contributed by atoms with Gasteiger partial charge in [-0.25, -0.2) is 0 Å². The molecule has 0 aliphatic heterocycles. The third-order valence-corrected chi connectivity index (χ3v) is 4.05. The molecule has 0 saturated carbocycles. The number of rotatable bonds is 9. The van der Waals surface area contributed by atoms with Gasteiger partial charge in [0, 0.05) is 48.8 Å². The van der Waals surface area contributed by atoms with Crippen LogP contribution >= 0.6 is 0 Å². The van der Waals surface area contributed by atoms with E-state index in [2.05, 4.69) is 10.3 Å². The predicted molar refractivity (Wildman–Crippen MR) is 105 cm³/mol. The number of benzene rings is 2. The maximum Gasteiger partial charge on any atom is 0.418 e. The van der Waals surface area contributed by atoms with Gasteiger partial charge in [-0.15, -0.1) is 0 Å². The zero-order valence-corrected chi connectivity index (χ0v) is 16.0. The van der Waals surface area contributed by atoms with Gasteiger partial charge in [-0.3, -0.25) is 25.2 Å². The summed E-state index contributed by atoms with van der Waals surface area (Å²) in [5.74, 6) is -0.439. The molecule has 0 amide bonds. The number of aromatic hydroxyl groups is 1. The third kappa shape index (κ3) is 6.04. The van der Waals surface area contributed by atoms with Crippen LogP contribution in [0.15, 0.2) is 35.3 Å². The number of non-ortho nitro benzene ring substituents is 2. The fourth-order valence-corrected chi connectivity index (χ4v) is 2.56. The molecule has 2 N–H and O–H groups in total. The second-order valence-corrected chi connectivity index (χ2v) is 6.14. The highest BCUT2D eigenvalue weighted by Gasteiger charge is 2.35. The van der Waals surface area contributed by atoms with Crippen molar-refractivity contribution < 1.29 is 32.9 Å². The number of methoxy groups -OCH3 is 1. The Hall–Kier alpha value is -3.90. The first-order valence-corrected chi connectivity index (χ1v) is 8.69. The van der Waals surface area contributed by atoms with Crippen LogP contribution in [0.2, 0.25) is 0 Å². The number of aliphatic imine (C=N–C) groups is 1. The Morgan fingerprint density at radius 3 is 2.42 bits per heavy atom. The molecule has 0 heterocycles. The number of alkyl halides is 3. The number of nitrogens with zero attached hydrogens (tertiary/aromatic N) is 3. The van der Waals surface area contributed by atoms with Crippen LogP contribution in [0.5, 0.6) is 11.5 Å². The molecule has 0 bridgehead atoms. The molecule has 0 aliphatic carbocycles. The van der Waals surface area contributed by atoms with Crippen LogP contribution in [0.3, 0.4) is 0 Å². The summed E-state index contributed by atoms with van der Waals surface area (Å²) in [5, 5.41) is 34.2. The van der Waals surface area contributed by atoms with Crippen molar-refractivity contribution in [2.24, 2.45) is 4.99 Å². The lowest BCUT2D eigenvalue weighted by atomic mass is 10.1. The number of hydrogen-bond acceptors (Lipinski definition) is 8. The number of nitrogens with one attached hydrogen (secondary N) is 1. The quantitative estimate of drug-likeness (QED) is 0.257. The highest BCUT2D eigenvalue weighted by molar-refractivity contribution is 5.86. The maximum atomic E-state index is 13.1. The van der Waals surface area contributed by atoms with Crippen LogP contribution in [0, 0.1) is 20.2 Å². The Morgan fingerprint density at radius 2 is 1.84 bits per heavy atom. The third-order valence-electron chi connectivity index (χ3n) is 4.05. The summed E-state index contributed by atoms with van der Waals surface area (Å²) in [5.41, 5.74) is -2.39. The molecular weight excluding hydrogens is 425 g/mol. The lowest BCUT2D eigenvalue weighted by Gasteiger charge is -2.14. The normalized spacial score (nSPS) is 11.5. The van der Waals surface area contributed by atoms with Gasteiger partial charge in [0.25, 0.3) is 11.4 Å². The van der Waals surface area contributed by atoms with Crippen molar-refractivity contribution in [1.29, 1.82) is 0 Å². The van der Waals surface area contributed by atoms with Crippen LogP contribution in [-0.2, 0) is 6.18 Å².